The summed E-state index contributed by atoms with van der Waals surface area (Å²) in [6.45, 7) is 5.99. The number of hydrogen-bond acceptors (Lipinski definition) is 3. The van der Waals surface area contributed by atoms with Crippen LogP contribution in [0.15, 0.2) is 6.20 Å². The molecule has 2 rings (SSSR count). The molecule has 98 valence electrons. The minimum absolute atomic E-state index is 0.0556. The first kappa shape index (κ1) is 12.8. The van der Waals surface area contributed by atoms with Crippen LogP contribution >= 0.6 is 0 Å². The maximum atomic E-state index is 12.0. The number of carbonyl (C=O) groups is 2. The Morgan fingerprint density at radius 1 is 1.44 bits per heavy atom. The molecule has 1 aromatic heterocycles. The summed E-state index contributed by atoms with van der Waals surface area (Å²) in [5, 5.41) is 6.64. The average molecular weight is 249 g/mol. The Kier molecular flexibility index (Phi) is 3.24. The highest BCUT2D eigenvalue weighted by atomic mass is 16.2. The van der Waals surface area contributed by atoms with E-state index in [2.05, 4.69) is 10.4 Å². The molecule has 0 saturated carbocycles. The van der Waals surface area contributed by atoms with Crippen LogP contribution in [-0.4, -0.2) is 21.6 Å². The van der Waals surface area contributed by atoms with Crippen molar-refractivity contribution in [1.82, 2.24) is 15.1 Å². The molecular weight excluding hydrogens is 230 g/mol. The van der Waals surface area contributed by atoms with Crippen LogP contribution in [0.1, 0.15) is 37.4 Å². The van der Waals surface area contributed by atoms with Crippen molar-refractivity contribution in [3.05, 3.63) is 17.5 Å². The Hall–Kier alpha value is -1.65. The highest BCUT2D eigenvalue weighted by Gasteiger charge is 2.39. The fraction of sp³-hybridized carbons (Fsp3) is 0.615. The van der Waals surface area contributed by atoms with Gasteiger partial charge in [0.1, 0.15) is 0 Å². The number of rotatable bonds is 2. The Labute approximate surface area is 107 Å². The second-order valence-corrected chi connectivity index (χ2v) is 5.30. The van der Waals surface area contributed by atoms with Crippen molar-refractivity contribution >= 4 is 11.8 Å². The van der Waals surface area contributed by atoms with Gasteiger partial charge in [0.05, 0.1) is 6.20 Å². The molecule has 2 unspecified atom stereocenters. The summed E-state index contributed by atoms with van der Waals surface area (Å²) in [5.74, 6) is -0.368. The largest absolute Gasteiger partial charge is 0.296 e. The molecule has 0 radical (unpaired) electrons. The molecular formula is C13H19N3O2. The standard InChI is InChI=1S/C13H19N3O2/c1-7(2)12-9(5-11(17)15-13(12)18)10-6-14-16(4)8(10)3/h6-7,9,12H,5H2,1-4H3,(H,15,17,18). The zero-order valence-electron chi connectivity index (χ0n) is 11.2. The van der Waals surface area contributed by atoms with E-state index in [0.29, 0.717) is 6.42 Å². The number of nitrogens with one attached hydrogen (secondary N) is 1. The number of aromatic nitrogens is 2. The van der Waals surface area contributed by atoms with Gasteiger partial charge in [0.2, 0.25) is 11.8 Å². The van der Waals surface area contributed by atoms with E-state index in [1.54, 1.807) is 10.9 Å². The number of hydrogen-bond donors (Lipinski definition) is 1. The minimum atomic E-state index is -0.190. The van der Waals surface area contributed by atoms with Crippen molar-refractivity contribution < 1.29 is 9.59 Å². The van der Waals surface area contributed by atoms with Crippen LogP contribution in [0.2, 0.25) is 0 Å². The lowest BCUT2D eigenvalue weighted by Crippen LogP contribution is -2.46. The predicted molar refractivity (Wildman–Crippen MR) is 66.8 cm³/mol. The first-order valence-electron chi connectivity index (χ1n) is 6.24. The molecule has 0 bridgehead atoms. The smallest absolute Gasteiger partial charge is 0.230 e. The van der Waals surface area contributed by atoms with Gasteiger partial charge in [-0.1, -0.05) is 13.8 Å². The van der Waals surface area contributed by atoms with E-state index in [1.165, 1.54) is 0 Å². The summed E-state index contributed by atoms with van der Waals surface area (Å²) in [6, 6.07) is 0. The van der Waals surface area contributed by atoms with Gasteiger partial charge in [0.15, 0.2) is 0 Å². The number of aryl methyl sites for hydroxylation is 1. The van der Waals surface area contributed by atoms with E-state index in [0.717, 1.165) is 11.3 Å². The van der Waals surface area contributed by atoms with Gasteiger partial charge in [-0.2, -0.15) is 5.10 Å². The van der Waals surface area contributed by atoms with Crippen LogP contribution < -0.4 is 5.32 Å². The molecule has 1 saturated heterocycles. The third-order valence-electron chi connectivity index (χ3n) is 3.80. The predicted octanol–water partition coefficient (Wildman–Crippen LogP) is 1.13. The summed E-state index contributed by atoms with van der Waals surface area (Å²) >= 11 is 0. The zero-order valence-corrected chi connectivity index (χ0v) is 11.2. The van der Waals surface area contributed by atoms with Gasteiger partial charge >= 0.3 is 0 Å². The minimum Gasteiger partial charge on any atom is -0.296 e. The van der Waals surface area contributed by atoms with E-state index in [1.807, 2.05) is 27.8 Å². The molecule has 2 atom stereocenters. The van der Waals surface area contributed by atoms with E-state index >= 15 is 0 Å². The van der Waals surface area contributed by atoms with Crippen molar-refractivity contribution in [1.29, 1.82) is 0 Å². The van der Waals surface area contributed by atoms with Crippen LogP contribution in [-0.2, 0) is 16.6 Å². The maximum absolute atomic E-state index is 12.0. The van der Waals surface area contributed by atoms with E-state index < -0.39 is 0 Å². The van der Waals surface area contributed by atoms with Crippen molar-refractivity contribution in [3.63, 3.8) is 0 Å². The summed E-state index contributed by atoms with van der Waals surface area (Å²) in [6.07, 6.45) is 2.14. The van der Waals surface area contributed by atoms with Gasteiger partial charge < -0.3 is 0 Å². The van der Waals surface area contributed by atoms with Crippen molar-refractivity contribution in [2.24, 2.45) is 18.9 Å². The van der Waals surface area contributed by atoms with E-state index in [4.69, 9.17) is 0 Å². The zero-order chi connectivity index (χ0) is 13.4. The molecule has 1 aliphatic rings. The van der Waals surface area contributed by atoms with Gasteiger partial charge in [-0.15, -0.1) is 0 Å². The molecule has 2 heterocycles. The van der Waals surface area contributed by atoms with Crippen LogP contribution in [0.4, 0.5) is 0 Å². The Morgan fingerprint density at radius 2 is 2.11 bits per heavy atom. The Morgan fingerprint density at radius 3 is 2.61 bits per heavy atom. The molecule has 1 N–H and O–H groups in total. The SMILES string of the molecule is Cc1c(C2CC(=O)NC(=O)C2C(C)C)cnn1C. The molecule has 0 aliphatic carbocycles. The molecule has 1 aliphatic heterocycles. The molecule has 18 heavy (non-hydrogen) atoms. The van der Waals surface area contributed by atoms with Gasteiger partial charge in [0.25, 0.3) is 0 Å². The molecule has 5 heteroatoms. The second-order valence-electron chi connectivity index (χ2n) is 5.30. The lowest BCUT2D eigenvalue weighted by atomic mass is 9.75. The monoisotopic (exact) mass is 249 g/mol. The highest BCUT2D eigenvalue weighted by molar-refractivity contribution is 6.00. The van der Waals surface area contributed by atoms with Crippen molar-refractivity contribution in [3.8, 4) is 0 Å². The second kappa shape index (κ2) is 4.55. The third-order valence-corrected chi connectivity index (χ3v) is 3.80. The van der Waals surface area contributed by atoms with Crippen molar-refractivity contribution in [2.75, 3.05) is 0 Å². The van der Waals surface area contributed by atoms with Crippen LogP contribution in [0.5, 0.6) is 0 Å². The number of amides is 2. The summed E-state index contributed by atoms with van der Waals surface area (Å²) in [7, 11) is 1.87. The lowest BCUT2D eigenvalue weighted by molar-refractivity contribution is -0.138. The Bertz CT molecular complexity index is 490. The number of nitrogens with zero attached hydrogens (tertiary/aromatic N) is 2. The van der Waals surface area contributed by atoms with Crippen LogP contribution in [0, 0.1) is 18.8 Å². The molecule has 2 amide bonds. The highest BCUT2D eigenvalue weighted by Crippen LogP contribution is 2.37. The molecule has 1 fully saturated rings. The maximum Gasteiger partial charge on any atom is 0.230 e. The summed E-state index contributed by atoms with van der Waals surface area (Å²) in [4.78, 5) is 23.6. The summed E-state index contributed by atoms with van der Waals surface area (Å²) in [5.41, 5.74) is 2.03. The molecule has 5 nitrogen and oxygen atoms in total. The number of imide groups is 1. The average Bonchev–Trinajstić information content (AvgIpc) is 2.57. The number of carbonyl (C=O) groups excluding carboxylic acids is 2. The van der Waals surface area contributed by atoms with Crippen LogP contribution in [0.3, 0.4) is 0 Å². The Balaban J connectivity index is 2.41. The third kappa shape index (κ3) is 2.05. The molecule has 1 aromatic rings. The quantitative estimate of drug-likeness (QED) is 0.799. The van der Waals surface area contributed by atoms with Crippen molar-refractivity contribution in [2.45, 2.75) is 33.1 Å². The van der Waals surface area contributed by atoms with Crippen LogP contribution in [0.25, 0.3) is 0 Å². The fourth-order valence-electron chi connectivity index (χ4n) is 2.73. The fourth-order valence-corrected chi connectivity index (χ4v) is 2.73. The van der Waals surface area contributed by atoms with Gasteiger partial charge in [0, 0.05) is 31.0 Å². The molecule has 0 aromatic carbocycles. The first-order valence-corrected chi connectivity index (χ1v) is 6.24. The topological polar surface area (TPSA) is 64.0 Å². The summed E-state index contributed by atoms with van der Waals surface area (Å²) < 4.78 is 1.78. The van der Waals surface area contributed by atoms with E-state index in [-0.39, 0.29) is 29.6 Å². The van der Waals surface area contributed by atoms with E-state index in [9.17, 15) is 9.59 Å². The lowest BCUT2D eigenvalue weighted by Gasteiger charge is -2.32. The van der Waals surface area contributed by atoms with Gasteiger partial charge in [-0.05, 0) is 18.4 Å². The first-order chi connectivity index (χ1) is 8.41. The van der Waals surface area contributed by atoms with Gasteiger partial charge in [-0.3, -0.25) is 19.6 Å². The van der Waals surface area contributed by atoms with Gasteiger partial charge in [-0.25, -0.2) is 0 Å². The normalized spacial score (nSPS) is 24.5. The number of piperidine rings is 1. The molecule has 0 spiro atoms.